The summed E-state index contributed by atoms with van der Waals surface area (Å²) in [7, 11) is 0. The second kappa shape index (κ2) is 3.78. The molecule has 0 amide bonds. The van der Waals surface area contributed by atoms with Crippen molar-refractivity contribution in [2.75, 3.05) is 13.1 Å². The van der Waals surface area contributed by atoms with E-state index in [9.17, 15) is 0 Å². The lowest BCUT2D eigenvalue weighted by Crippen LogP contribution is -2.39. The lowest BCUT2D eigenvalue weighted by molar-refractivity contribution is 0.190. The molecule has 2 N–H and O–H groups in total. The second-order valence-corrected chi connectivity index (χ2v) is 5.28. The highest BCUT2D eigenvalue weighted by Gasteiger charge is 2.36. The zero-order chi connectivity index (χ0) is 10.3. The molecule has 3 nitrogen and oxygen atoms in total. The lowest BCUT2D eigenvalue weighted by atomic mass is 9.99. The van der Waals surface area contributed by atoms with Crippen molar-refractivity contribution in [3.8, 4) is 0 Å². The molecule has 1 aliphatic carbocycles. The predicted octanol–water partition coefficient (Wildman–Crippen LogP) is 1.38. The van der Waals surface area contributed by atoms with Crippen LogP contribution in [0.5, 0.6) is 0 Å². The van der Waals surface area contributed by atoms with Crippen molar-refractivity contribution >= 4 is 5.84 Å². The van der Waals surface area contributed by atoms with Gasteiger partial charge in [0.05, 0.1) is 11.9 Å². The molecule has 2 atom stereocenters. The van der Waals surface area contributed by atoms with E-state index in [1.165, 1.54) is 51.6 Å². The van der Waals surface area contributed by atoms with Gasteiger partial charge in [0, 0.05) is 18.5 Å². The standard InChI is InChI=1S/C12H21N3/c13-12(9-4-5-9)14-10-6-8-15-7-2-1-3-11(10)15/h9-11H,1-8H2,(H2,13,14). The maximum Gasteiger partial charge on any atom is 0.0972 e. The summed E-state index contributed by atoms with van der Waals surface area (Å²) in [6.45, 7) is 2.54. The van der Waals surface area contributed by atoms with Crippen LogP contribution in [0.1, 0.15) is 38.5 Å². The molecule has 3 heteroatoms. The summed E-state index contributed by atoms with van der Waals surface area (Å²) in [5.41, 5.74) is 6.01. The Bertz CT molecular complexity index is 270. The molecular formula is C12H21N3. The smallest absolute Gasteiger partial charge is 0.0972 e. The van der Waals surface area contributed by atoms with Crippen molar-refractivity contribution in [3.63, 3.8) is 0 Å². The van der Waals surface area contributed by atoms with Crippen molar-refractivity contribution in [3.05, 3.63) is 0 Å². The Hall–Kier alpha value is -0.570. The first-order chi connectivity index (χ1) is 7.34. The number of nitrogens with two attached hydrogens (primary N) is 1. The number of piperidine rings is 1. The molecule has 0 radical (unpaired) electrons. The van der Waals surface area contributed by atoms with Crippen LogP contribution in [-0.2, 0) is 0 Å². The van der Waals surface area contributed by atoms with Crippen molar-refractivity contribution in [2.45, 2.75) is 50.6 Å². The van der Waals surface area contributed by atoms with E-state index < -0.39 is 0 Å². The fourth-order valence-corrected chi connectivity index (χ4v) is 3.05. The van der Waals surface area contributed by atoms with E-state index in [0.29, 0.717) is 12.0 Å². The zero-order valence-electron chi connectivity index (χ0n) is 9.36. The maximum absolute atomic E-state index is 6.01. The SMILES string of the molecule is NC(=NC1CCN2CCCCC12)C1CC1. The Morgan fingerprint density at radius 1 is 1.07 bits per heavy atom. The molecule has 15 heavy (non-hydrogen) atoms. The van der Waals surface area contributed by atoms with Gasteiger partial charge < -0.3 is 5.73 Å². The molecule has 2 unspecified atom stereocenters. The Morgan fingerprint density at radius 3 is 2.73 bits per heavy atom. The Kier molecular flexibility index (Phi) is 2.43. The van der Waals surface area contributed by atoms with Crippen molar-refractivity contribution < 1.29 is 0 Å². The van der Waals surface area contributed by atoms with Crippen molar-refractivity contribution in [1.82, 2.24) is 4.90 Å². The third-order valence-electron chi connectivity index (χ3n) is 4.13. The predicted molar refractivity (Wildman–Crippen MR) is 62.0 cm³/mol. The molecule has 2 aliphatic heterocycles. The Morgan fingerprint density at radius 2 is 1.93 bits per heavy atom. The molecule has 84 valence electrons. The first-order valence-corrected chi connectivity index (χ1v) is 6.42. The fraction of sp³-hybridized carbons (Fsp3) is 0.917. The second-order valence-electron chi connectivity index (χ2n) is 5.28. The number of nitrogens with zero attached hydrogens (tertiary/aromatic N) is 2. The number of hydrogen-bond donors (Lipinski definition) is 1. The van der Waals surface area contributed by atoms with Gasteiger partial charge in [-0.05, 0) is 38.6 Å². The summed E-state index contributed by atoms with van der Waals surface area (Å²) >= 11 is 0. The third-order valence-corrected chi connectivity index (χ3v) is 4.13. The molecule has 0 aromatic heterocycles. The molecule has 0 aromatic carbocycles. The van der Waals surface area contributed by atoms with Crippen LogP contribution in [0.15, 0.2) is 4.99 Å². The van der Waals surface area contributed by atoms with Crippen LogP contribution < -0.4 is 5.73 Å². The van der Waals surface area contributed by atoms with Crippen molar-refractivity contribution in [2.24, 2.45) is 16.6 Å². The van der Waals surface area contributed by atoms with Gasteiger partial charge in [-0.1, -0.05) is 6.42 Å². The number of fused-ring (bicyclic) bond motifs is 1. The Balaban J connectivity index is 1.68. The molecular weight excluding hydrogens is 186 g/mol. The largest absolute Gasteiger partial charge is 0.387 e. The van der Waals surface area contributed by atoms with E-state index in [0.717, 1.165) is 11.9 Å². The Labute approximate surface area is 91.7 Å². The van der Waals surface area contributed by atoms with E-state index in [1.54, 1.807) is 0 Å². The van der Waals surface area contributed by atoms with Crippen LogP contribution in [-0.4, -0.2) is 35.9 Å². The highest BCUT2D eigenvalue weighted by molar-refractivity contribution is 5.85. The summed E-state index contributed by atoms with van der Waals surface area (Å²) in [5, 5.41) is 0. The van der Waals surface area contributed by atoms with Gasteiger partial charge in [-0.2, -0.15) is 0 Å². The van der Waals surface area contributed by atoms with E-state index in [4.69, 9.17) is 10.7 Å². The average molecular weight is 207 g/mol. The molecule has 3 fully saturated rings. The minimum atomic E-state index is 0.519. The molecule has 0 bridgehead atoms. The monoisotopic (exact) mass is 207 g/mol. The number of rotatable bonds is 2. The van der Waals surface area contributed by atoms with E-state index in [1.807, 2.05) is 0 Å². The number of aliphatic imine (C=N–C) groups is 1. The van der Waals surface area contributed by atoms with E-state index in [2.05, 4.69) is 4.90 Å². The van der Waals surface area contributed by atoms with Gasteiger partial charge in [-0.3, -0.25) is 9.89 Å². The van der Waals surface area contributed by atoms with Gasteiger partial charge in [-0.15, -0.1) is 0 Å². The number of hydrogen-bond acceptors (Lipinski definition) is 2. The van der Waals surface area contributed by atoms with E-state index >= 15 is 0 Å². The lowest BCUT2D eigenvalue weighted by Gasteiger charge is -2.31. The van der Waals surface area contributed by atoms with Crippen LogP contribution in [0, 0.1) is 5.92 Å². The van der Waals surface area contributed by atoms with Crippen LogP contribution in [0.4, 0.5) is 0 Å². The summed E-state index contributed by atoms with van der Waals surface area (Å²) in [6, 6.07) is 1.24. The normalized spacial score (nSPS) is 38.0. The zero-order valence-corrected chi connectivity index (χ0v) is 9.36. The first-order valence-electron chi connectivity index (χ1n) is 6.42. The van der Waals surface area contributed by atoms with Crippen LogP contribution >= 0.6 is 0 Å². The van der Waals surface area contributed by atoms with E-state index in [-0.39, 0.29) is 0 Å². The highest BCUT2D eigenvalue weighted by Crippen LogP contribution is 2.32. The summed E-state index contributed by atoms with van der Waals surface area (Å²) in [4.78, 5) is 7.40. The summed E-state index contributed by atoms with van der Waals surface area (Å²) in [6.07, 6.45) is 7.89. The number of amidine groups is 1. The van der Waals surface area contributed by atoms with Gasteiger partial charge in [0.1, 0.15) is 0 Å². The fourth-order valence-electron chi connectivity index (χ4n) is 3.05. The van der Waals surface area contributed by atoms with Crippen LogP contribution in [0.2, 0.25) is 0 Å². The third kappa shape index (κ3) is 1.89. The average Bonchev–Trinajstić information content (AvgIpc) is 3.03. The van der Waals surface area contributed by atoms with Crippen LogP contribution in [0.3, 0.4) is 0 Å². The van der Waals surface area contributed by atoms with Gasteiger partial charge in [-0.25, -0.2) is 0 Å². The minimum Gasteiger partial charge on any atom is -0.387 e. The highest BCUT2D eigenvalue weighted by atomic mass is 15.2. The minimum absolute atomic E-state index is 0.519. The quantitative estimate of drug-likeness (QED) is 0.549. The molecule has 3 rings (SSSR count). The molecule has 1 saturated carbocycles. The molecule has 2 saturated heterocycles. The first kappa shape index (κ1) is 9.64. The molecule has 2 heterocycles. The molecule has 0 spiro atoms. The van der Waals surface area contributed by atoms with Crippen molar-refractivity contribution in [1.29, 1.82) is 0 Å². The summed E-state index contributed by atoms with van der Waals surface area (Å²) in [5.74, 6) is 1.59. The topological polar surface area (TPSA) is 41.6 Å². The van der Waals surface area contributed by atoms with Gasteiger partial charge in [0.2, 0.25) is 0 Å². The van der Waals surface area contributed by atoms with Gasteiger partial charge >= 0.3 is 0 Å². The summed E-state index contributed by atoms with van der Waals surface area (Å²) < 4.78 is 0. The molecule has 3 aliphatic rings. The van der Waals surface area contributed by atoms with Crippen LogP contribution in [0.25, 0.3) is 0 Å². The van der Waals surface area contributed by atoms with Gasteiger partial charge in [0.25, 0.3) is 0 Å². The molecule has 0 aromatic rings. The van der Waals surface area contributed by atoms with Gasteiger partial charge in [0.15, 0.2) is 0 Å². The maximum atomic E-state index is 6.01.